The van der Waals surface area contributed by atoms with Crippen molar-refractivity contribution in [3.63, 3.8) is 0 Å². The van der Waals surface area contributed by atoms with E-state index in [-0.39, 0.29) is 5.78 Å². The number of benzene rings is 2. The van der Waals surface area contributed by atoms with Gasteiger partial charge in [-0.2, -0.15) is 0 Å². The number of ketones is 1. The van der Waals surface area contributed by atoms with Crippen LogP contribution < -0.4 is 0 Å². The summed E-state index contributed by atoms with van der Waals surface area (Å²) in [6.07, 6.45) is 2.50. The third kappa shape index (κ3) is 3.90. The summed E-state index contributed by atoms with van der Waals surface area (Å²) in [5.41, 5.74) is 3.34. The van der Waals surface area contributed by atoms with Crippen LogP contribution in [0.3, 0.4) is 0 Å². The maximum absolute atomic E-state index is 12.2. The minimum atomic E-state index is 0.254. The molecule has 0 amide bonds. The minimum absolute atomic E-state index is 0.254. The Balaban J connectivity index is 1.93. The van der Waals surface area contributed by atoms with Gasteiger partial charge in [-0.1, -0.05) is 48.5 Å². The first-order chi connectivity index (χ1) is 9.18. The first kappa shape index (κ1) is 14.3. The summed E-state index contributed by atoms with van der Waals surface area (Å²) >= 11 is 2.26. The second kappa shape index (κ2) is 6.85. The number of halogens is 1. The van der Waals surface area contributed by atoms with Gasteiger partial charge in [0.1, 0.15) is 0 Å². The second-order valence-electron chi connectivity index (χ2n) is 4.70. The van der Waals surface area contributed by atoms with E-state index in [2.05, 4.69) is 34.7 Å². The van der Waals surface area contributed by atoms with Crippen LogP contribution in [-0.4, -0.2) is 5.78 Å². The van der Waals surface area contributed by atoms with Crippen molar-refractivity contribution in [2.45, 2.75) is 26.2 Å². The van der Waals surface area contributed by atoms with Gasteiger partial charge in [-0.3, -0.25) is 4.79 Å². The van der Waals surface area contributed by atoms with E-state index in [0.717, 1.165) is 22.0 Å². The molecule has 0 aromatic heterocycles. The van der Waals surface area contributed by atoms with E-state index in [4.69, 9.17) is 0 Å². The fraction of sp³-hybridized carbons (Fsp3) is 0.235. The zero-order valence-corrected chi connectivity index (χ0v) is 13.2. The number of hydrogen-bond donors (Lipinski definition) is 0. The average Bonchev–Trinajstić information content (AvgIpc) is 2.43. The van der Waals surface area contributed by atoms with E-state index >= 15 is 0 Å². The minimum Gasteiger partial charge on any atom is -0.294 e. The molecule has 0 radical (unpaired) electrons. The highest BCUT2D eigenvalue weighted by atomic mass is 127. The molecule has 0 aliphatic rings. The molecule has 0 heterocycles. The molecule has 0 aliphatic heterocycles. The number of rotatable bonds is 5. The van der Waals surface area contributed by atoms with Crippen LogP contribution in [0, 0.1) is 10.5 Å². The quantitative estimate of drug-likeness (QED) is 0.550. The smallest absolute Gasteiger partial charge is 0.163 e. The molecule has 0 bridgehead atoms. The molecular weight excluding hydrogens is 347 g/mol. The summed E-state index contributed by atoms with van der Waals surface area (Å²) in [7, 11) is 0. The third-order valence-corrected chi connectivity index (χ3v) is 4.64. The Morgan fingerprint density at radius 2 is 1.79 bits per heavy atom. The Labute approximate surface area is 128 Å². The van der Waals surface area contributed by atoms with Crippen LogP contribution in [0.15, 0.2) is 48.5 Å². The van der Waals surface area contributed by atoms with Crippen molar-refractivity contribution in [2.24, 2.45) is 0 Å². The van der Waals surface area contributed by atoms with Gasteiger partial charge >= 0.3 is 0 Å². The molecule has 2 aromatic rings. The Morgan fingerprint density at radius 3 is 2.53 bits per heavy atom. The third-order valence-electron chi connectivity index (χ3n) is 3.20. The standard InChI is InChI=1S/C17H17IO/c1-13-7-5-11-15(17(13)18)16(19)12-6-10-14-8-3-2-4-9-14/h2-5,7-9,11H,6,10,12H2,1H3. The first-order valence-electron chi connectivity index (χ1n) is 6.50. The topological polar surface area (TPSA) is 17.1 Å². The van der Waals surface area contributed by atoms with Gasteiger partial charge in [0.25, 0.3) is 0 Å². The van der Waals surface area contributed by atoms with Crippen molar-refractivity contribution in [3.05, 3.63) is 68.8 Å². The fourth-order valence-corrected chi connectivity index (χ4v) is 2.76. The van der Waals surface area contributed by atoms with Crippen molar-refractivity contribution < 1.29 is 4.79 Å². The number of carbonyl (C=O) groups is 1. The summed E-state index contributed by atoms with van der Waals surface area (Å²) in [5, 5.41) is 0. The van der Waals surface area contributed by atoms with Gasteiger partial charge in [-0.15, -0.1) is 0 Å². The van der Waals surface area contributed by atoms with Gasteiger partial charge in [0.15, 0.2) is 5.78 Å². The molecule has 98 valence electrons. The molecule has 0 spiro atoms. The summed E-state index contributed by atoms with van der Waals surface area (Å²) in [6.45, 7) is 2.04. The predicted molar refractivity (Wildman–Crippen MR) is 87.6 cm³/mol. The van der Waals surface area contributed by atoms with Crippen molar-refractivity contribution in [3.8, 4) is 0 Å². The highest BCUT2D eigenvalue weighted by Crippen LogP contribution is 2.19. The van der Waals surface area contributed by atoms with Gasteiger partial charge in [0.05, 0.1) is 0 Å². The Morgan fingerprint density at radius 1 is 1.05 bits per heavy atom. The van der Waals surface area contributed by atoms with Crippen molar-refractivity contribution in [2.75, 3.05) is 0 Å². The number of Topliss-reactive ketones (excluding diaryl/α,β-unsaturated/α-hetero) is 1. The second-order valence-corrected chi connectivity index (χ2v) is 5.78. The van der Waals surface area contributed by atoms with Gasteiger partial charge in [0.2, 0.25) is 0 Å². The van der Waals surface area contributed by atoms with Crippen molar-refractivity contribution in [1.82, 2.24) is 0 Å². The van der Waals surface area contributed by atoms with Crippen LogP contribution >= 0.6 is 22.6 Å². The van der Waals surface area contributed by atoms with E-state index in [9.17, 15) is 4.79 Å². The van der Waals surface area contributed by atoms with Crippen molar-refractivity contribution >= 4 is 28.4 Å². The molecule has 0 N–H and O–H groups in total. The normalized spacial score (nSPS) is 10.4. The van der Waals surface area contributed by atoms with E-state index in [0.29, 0.717) is 6.42 Å². The van der Waals surface area contributed by atoms with Gasteiger partial charge in [0, 0.05) is 15.6 Å². The molecule has 0 fully saturated rings. The van der Waals surface area contributed by atoms with E-state index in [1.165, 1.54) is 11.1 Å². The summed E-state index contributed by atoms with van der Waals surface area (Å²) < 4.78 is 1.09. The zero-order valence-electron chi connectivity index (χ0n) is 11.0. The molecule has 0 saturated heterocycles. The zero-order chi connectivity index (χ0) is 13.7. The molecule has 2 aromatic carbocycles. The molecule has 0 saturated carbocycles. The molecular formula is C17H17IO. The van der Waals surface area contributed by atoms with Gasteiger partial charge < -0.3 is 0 Å². The molecule has 2 rings (SSSR count). The van der Waals surface area contributed by atoms with E-state index < -0.39 is 0 Å². The molecule has 0 atom stereocenters. The first-order valence-corrected chi connectivity index (χ1v) is 7.58. The lowest BCUT2D eigenvalue weighted by Crippen LogP contribution is -2.03. The van der Waals surface area contributed by atoms with Crippen LogP contribution in [0.5, 0.6) is 0 Å². The maximum Gasteiger partial charge on any atom is 0.163 e. The van der Waals surface area contributed by atoms with E-state index in [1.54, 1.807) is 0 Å². The molecule has 0 unspecified atom stereocenters. The number of aryl methyl sites for hydroxylation is 2. The molecule has 0 aliphatic carbocycles. The SMILES string of the molecule is Cc1cccc(C(=O)CCCc2ccccc2)c1I. The van der Waals surface area contributed by atoms with Crippen LogP contribution in [0.1, 0.15) is 34.3 Å². The lowest BCUT2D eigenvalue weighted by Gasteiger charge is -2.06. The number of carbonyl (C=O) groups excluding carboxylic acids is 1. The van der Waals surface area contributed by atoms with Gasteiger partial charge in [-0.05, 0) is 53.5 Å². The lowest BCUT2D eigenvalue weighted by molar-refractivity contribution is 0.0979. The molecule has 19 heavy (non-hydrogen) atoms. The fourth-order valence-electron chi connectivity index (χ4n) is 2.10. The van der Waals surface area contributed by atoms with Crippen LogP contribution in [0.4, 0.5) is 0 Å². The Bertz CT molecular complexity index is 561. The molecule has 1 nitrogen and oxygen atoms in total. The average molecular weight is 364 g/mol. The highest BCUT2D eigenvalue weighted by Gasteiger charge is 2.10. The summed E-state index contributed by atoms with van der Waals surface area (Å²) in [6, 6.07) is 16.3. The maximum atomic E-state index is 12.2. The van der Waals surface area contributed by atoms with Crippen molar-refractivity contribution in [1.29, 1.82) is 0 Å². The lowest BCUT2D eigenvalue weighted by atomic mass is 10.0. The highest BCUT2D eigenvalue weighted by molar-refractivity contribution is 14.1. The number of hydrogen-bond acceptors (Lipinski definition) is 1. The Hall–Kier alpha value is -1.16. The van der Waals surface area contributed by atoms with Crippen LogP contribution in [0.2, 0.25) is 0 Å². The predicted octanol–water partition coefficient (Wildman–Crippen LogP) is 4.81. The largest absolute Gasteiger partial charge is 0.294 e. The van der Waals surface area contributed by atoms with Crippen LogP contribution in [0.25, 0.3) is 0 Å². The van der Waals surface area contributed by atoms with E-state index in [1.807, 2.05) is 43.3 Å². The van der Waals surface area contributed by atoms with Gasteiger partial charge in [-0.25, -0.2) is 0 Å². The summed E-state index contributed by atoms with van der Waals surface area (Å²) in [5.74, 6) is 0.254. The summed E-state index contributed by atoms with van der Waals surface area (Å²) in [4.78, 5) is 12.2. The van der Waals surface area contributed by atoms with Crippen LogP contribution in [-0.2, 0) is 6.42 Å². The monoisotopic (exact) mass is 364 g/mol. The molecule has 2 heteroatoms. The Kier molecular flexibility index (Phi) is 5.14.